The lowest BCUT2D eigenvalue weighted by Gasteiger charge is -2.49. The Labute approximate surface area is 138 Å². The minimum Gasteiger partial charge on any atom is -0.0683 e. The van der Waals surface area contributed by atoms with Crippen LogP contribution in [0.15, 0.2) is 24.3 Å². The fourth-order valence-corrected chi connectivity index (χ4v) is 5.51. The van der Waals surface area contributed by atoms with Crippen LogP contribution in [-0.4, -0.2) is 0 Å². The lowest BCUT2D eigenvalue weighted by Crippen LogP contribution is -2.39. The monoisotopic (exact) mass is 300 g/mol. The molecule has 1 aromatic carbocycles. The maximum absolute atomic E-state index is 2.58. The zero-order valence-corrected chi connectivity index (χ0v) is 15.5. The van der Waals surface area contributed by atoms with Gasteiger partial charge in [-0.05, 0) is 72.8 Å². The Kier molecular flexibility index (Phi) is 6.12. The molecule has 0 saturated heterocycles. The van der Waals surface area contributed by atoms with Gasteiger partial charge in [0, 0.05) is 0 Å². The van der Waals surface area contributed by atoms with E-state index in [9.17, 15) is 0 Å². The van der Waals surface area contributed by atoms with E-state index in [4.69, 9.17) is 0 Å². The fraction of sp³-hybridized carbons (Fsp3) is 0.727. The van der Waals surface area contributed by atoms with E-state index in [0.717, 1.165) is 17.8 Å². The maximum atomic E-state index is 2.58. The van der Waals surface area contributed by atoms with E-state index < -0.39 is 0 Å². The molecule has 3 aliphatic rings. The quantitative estimate of drug-likeness (QED) is 0.484. The molecule has 4 atom stereocenters. The normalized spacial score (nSPS) is 34.9. The summed E-state index contributed by atoms with van der Waals surface area (Å²) < 4.78 is 0. The molecule has 22 heavy (non-hydrogen) atoms. The summed E-state index contributed by atoms with van der Waals surface area (Å²) >= 11 is 0. The van der Waals surface area contributed by atoms with Gasteiger partial charge in [-0.1, -0.05) is 65.3 Å². The van der Waals surface area contributed by atoms with Gasteiger partial charge in [0.25, 0.3) is 0 Å². The number of hydrogen-bond donors (Lipinski definition) is 0. The van der Waals surface area contributed by atoms with Gasteiger partial charge in [0.05, 0.1) is 0 Å². The molecule has 0 N–H and O–H groups in total. The first kappa shape index (κ1) is 17.6. The zero-order chi connectivity index (χ0) is 16.2. The third-order valence-corrected chi connectivity index (χ3v) is 6.42. The van der Waals surface area contributed by atoms with Crippen LogP contribution in [0.1, 0.15) is 90.2 Å². The number of aryl methyl sites for hydroxylation is 1. The second-order valence-corrected chi connectivity index (χ2v) is 7.20. The summed E-state index contributed by atoms with van der Waals surface area (Å²) in [6, 6.07) is 9.27. The van der Waals surface area contributed by atoms with E-state index in [0.29, 0.717) is 5.41 Å². The third kappa shape index (κ3) is 2.99. The van der Waals surface area contributed by atoms with Crippen molar-refractivity contribution in [3.8, 4) is 0 Å². The molecular weight excluding hydrogens is 264 g/mol. The van der Waals surface area contributed by atoms with Crippen molar-refractivity contribution in [3.05, 3.63) is 35.4 Å². The first-order valence-corrected chi connectivity index (χ1v) is 9.86. The molecule has 0 aliphatic heterocycles. The molecule has 1 aromatic rings. The average Bonchev–Trinajstić information content (AvgIpc) is 3.00. The molecular formula is C22H36. The van der Waals surface area contributed by atoms with Crippen molar-refractivity contribution in [1.29, 1.82) is 0 Å². The largest absolute Gasteiger partial charge is 0.0683 e. The summed E-state index contributed by atoms with van der Waals surface area (Å²) in [5, 5.41) is 0. The molecule has 0 amide bonds. The molecule has 0 nitrogen and oxygen atoms in total. The summed E-state index contributed by atoms with van der Waals surface area (Å²) in [5.74, 6) is 2.93. The summed E-state index contributed by atoms with van der Waals surface area (Å²) in [6.07, 6.45) is 10.2. The van der Waals surface area contributed by atoms with E-state index in [1.807, 2.05) is 27.7 Å². The highest BCUT2D eigenvalue weighted by molar-refractivity contribution is 5.34. The first-order valence-electron chi connectivity index (χ1n) is 9.86. The minimum atomic E-state index is 0.702. The number of hydrogen-bond acceptors (Lipinski definition) is 0. The van der Waals surface area contributed by atoms with Crippen molar-refractivity contribution < 1.29 is 0 Å². The Morgan fingerprint density at radius 2 is 1.64 bits per heavy atom. The van der Waals surface area contributed by atoms with Crippen LogP contribution >= 0.6 is 0 Å². The van der Waals surface area contributed by atoms with Crippen LogP contribution in [0.3, 0.4) is 0 Å². The molecule has 0 spiro atoms. The van der Waals surface area contributed by atoms with Crippen molar-refractivity contribution in [1.82, 2.24) is 0 Å². The van der Waals surface area contributed by atoms with E-state index in [1.54, 1.807) is 11.1 Å². The molecule has 0 heterocycles. The second kappa shape index (κ2) is 7.66. The molecule has 0 unspecified atom stereocenters. The van der Waals surface area contributed by atoms with Crippen LogP contribution in [0, 0.1) is 17.3 Å². The smallest absolute Gasteiger partial charge is 0.0128 e. The summed E-state index contributed by atoms with van der Waals surface area (Å²) in [7, 11) is 0. The van der Waals surface area contributed by atoms with Crippen LogP contribution in [0.4, 0.5) is 0 Å². The van der Waals surface area contributed by atoms with E-state index >= 15 is 0 Å². The standard InChI is InChI=1S/C18H24.2C2H6/c1-18-11-4-7-17(18)16-9-8-13-5-2-3-6-14(13)15(16)10-12-18;2*1-2/h2-3,5-6,15-17H,4,7-12H2,1H3;2*1-2H3/t15-,16-,17+,18+;;/m0../s1. The Balaban J connectivity index is 0.000000410. The predicted molar refractivity (Wildman–Crippen MR) is 98.4 cm³/mol. The van der Waals surface area contributed by atoms with E-state index in [2.05, 4.69) is 31.2 Å². The van der Waals surface area contributed by atoms with Crippen molar-refractivity contribution in [2.24, 2.45) is 17.3 Å². The maximum Gasteiger partial charge on any atom is -0.0128 e. The van der Waals surface area contributed by atoms with Gasteiger partial charge in [0.2, 0.25) is 0 Å². The van der Waals surface area contributed by atoms with E-state index in [1.165, 1.54) is 44.9 Å². The SMILES string of the molecule is CC.CC.C[C@]12CCC[C@@H]1[C@H]1CCc3ccccc3[C@@H]1CC2. The van der Waals surface area contributed by atoms with Crippen LogP contribution in [0.2, 0.25) is 0 Å². The Morgan fingerprint density at radius 1 is 0.909 bits per heavy atom. The number of fused-ring (bicyclic) bond motifs is 5. The molecule has 4 rings (SSSR count). The summed E-state index contributed by atoms with van der Waals surface area (Å²) in [6.45, 7) is 10.6. The Bertz CT molecular complexity index is 461. The number of rotatable bonds is 0. The summed E-state index contributed by atoms with van der Waals surface area (Å²) in [5.41, 5.74) is 4.07. The van der Waals surface area contributed by atoms with Crippen LogP contribution < -0.4 is 0 Å². The van der Waals surface area contributed by atoms with Crippen LogP contribution in [0.25, 0.3) is 0 Å². The van der Waals surface area contributed by atoms with Gasteiger partial charge in [-0.3, -0.25) is 0 Å². The van der Waals surface area contributed by atoms with Crippen molar-refractivity contribution in [3.63, 3.8) is 0 Å². The van der Waals surface area contributed by atoms with Crippen molar-refractivity contribution in [2.45, 2.75) is 85.5 Å². The molecule has 3 aliphatic carbocycles. The lowest BCUT2D eigenvalue weighted by molar-refractivity contribution is 0.0598. The third-order valence-electron chi connectivity index (χ3n) is 6.42. The number of benzene rings is 1. The van der Waals surface area contributed by atoms with Gasteiger partial charge in [0.15, 0.2) is 0 Å². The first-order chi connectivity index (χ1) is 10.8. The highest BCUT2D eigenvalue weighted by Gasteiger charge is 2.49. The van der Waals surface area contributed by atoms with Gasteiger partial charge in [-0.15, -0.1) is 0 Å². The minimum absolute atomic E-state index is 0.702. The second-order valence-electron chi connectivity index (χ2n) is 7.20. The molecule has 0 heteroatoms. The topological polar surface area (TPSA) is 0 Å². The molecule has 124 valence electrons. The molecule has 0 radical (unpaired) electrons. The molecule has 2 saturated carbocycles. The predicted octanol–water partition coefficient (Wildman–Crippen LogP) is 6.99. The van der Waals surface area contributed by atoms with Crippen molar-refractivity contribution >= 4 is 0 Å². The highest BCUT2D eigenvalue weighted by Crippen LogP contribution is 2.60. The molecule has 2 fully saturated rings. The van der Waals surface area contributed by atoms with Gasteiger partial charge < -0.3 is 0 Å². The van der Waals surface area contributed by atoms with Crippen molar-refractivity contribution in [2.75, 3.05) is 0 Å². The zero-order valence-electron chi connectivity index (χ0n) is 15.5. The van der Waals surface area contributed by atoms with E-state index in [-0.39, 0.29) is 0 Å². The Morgan fingerprint density at radius 3 is 2.41 bits per heavy atom. The molecule has 0 bridgehead atoms. The average molecular weight is 301 g/mol. The lowest BCUT2D eigenvalue weighted by atomic mass is 9.56. The summed E-state index contributed by atoms with van der Waals surface area (Å²) in [4.78, 5) is 0. The Hall–Kier alpha value is -0.780. The fourth-order valence-electron chi connectivity index (χ4n) is 5.51. The van der Waals surface area contributed by atoms with Crippen LogP contribution in [-0.2, 0) is 6.42 Å². The van der Waals surface area contributed by atoms with Gasteiger partial charge in [0.1, 0.15) is 0 Å². The van der Waals surface area contributed by atoms with Gasteiger partial charge in [-0.2, -0.15) is 0 Å². The van der Waals surface area contributed by atoms with Gasteiger partial charge in [-0.25, -0.2) is 0 Å². The molecule has 0 aromatic heterocycles. The highest BCUT2D eigenvalue weighted by atomic mass is 14.5. The van der Waals surface area contributed by atoms with Crippen LogP contribution in [0.5, 0.6) is 0 Å². The van der Waals surface area contributed by atoms with Gasteiger partial charge >= 0.3 is 0 Å².